The van der Waals surface area contributed by atoms with Gasteiger partial charge >= 0.3 is 0 Å². The van der Waals surface area contributed by atoms with Gasteiger partial charge in [-0.15, -0.1) is 0 Å². The van der Waals surface area contributed by atoms with Crippen LogP contribution in [0.25, 0.3) is 0 Å². The van der Waals surface area contributed by atoms with Gasteiger partial charge in [0.25, 0.3) is 5.91 Å². The maximum atomic E-state index is 12.6. The normalized spacial score (nSPS) is 18.9. The Morgan fingerprint density at radius 3 is 3.10 bits per heavy atom. The molecule has 0 spiro atoms. The minimum absolute atomic E-state index is 0.0241. The summed E-state index contributed by atoms with van der Waals surface area (Å²) in [6.45, 7) is 2.44. The molecule has 1 fully saturated rings. The van der Waals surface area contributed by atoms with Gasteiger partial charge in [0.1, 0.15) is 5.75 Å². The lowest BCUT2D eigenvalue weighted by molar-refractivity contribution is -0.0197. The number of morpholine rings is 1. The van der Waals surface area contributed by atoms with Crippen LogP contribution >= 0.6 is 11.6 Å². The lowest BCUT2D eigenvalue weighted by Gasteiger charge is -2.33. The van der Waals surface area contributed by atoms with E-state index < -0.39 is 0 Å². The molecule has 0 aromatic heterocycles. The molecule has 1 heterocycles. The van der Waals surface area contributed by atoms with E-state index in [1.165, 1.54) is 7.11 Å². The van der Waals surface area contributed by atoms with Gasteiger partial charge in [-0.05, 0) is 25.2 Å². The van der Waals surface area contributed by atoms with Crippen LogP contribution in [0, 0.1) is 0 Å². The van der Waals surface area contributed by atoms with Crippen LogP contribution in [0.4, 0.5) is 0 Å². The van der Waals surface area contributed by atoms with Crippen molar-refractivity contribution >= 4 is 17.5 Å². The number of nitrogens with one attached hydrogen (secondary N) is 1. The molecule has 110 valence electrons. The van der Waals surface area contributed by atoms with Crippen LogP contribution in [0.3, 0.4) is 0 Å². The third kappa shape index (κ3) is 3.42. The van der Waals surface area contributed by atoms with Gasteiger partial charge in [-0.2, -0.15) is 0 Å². The largest absolute Gasteiger partial charge is 0.496 e. The van der Waals surface area contributed by atoms with Gasteiger partial charge in [0, 0.05) is 24.7 Å². The molecule has 20 heavy (non-hydrogen) atoms. The third-order valence-corrected chi connectivity index (χ3v) is 3.49. The van der Waals surface area contributed by atoms with E-state index in [9.17, 15) is 4.79 Å². The van der Waals surface area contributed by atoms with Crippen LogP contribution in [0.2, 0.25) is 5.02 Å². The molecule has 1 aromatic carbocycles. The maximum absolute atomic E-state index is 12.6. The first-order valence-electron chi connectivity index (χ1n) is 6.54. The Balaban J connectivity index is 2.14. The number of rotatable bonds is 4. The number of methoxy groups -OCH3 is 1. The van der Waals surface area contributed by atoms with Crippen LogP contribution in [0.5, 0.6) is 5.75 Å². The number of amides is 1. The second kappa shape index (κ2) is 6.92. The summed E-state index contributed by atoms with van der Waals surface area (Å²) in [6.07, 6.45) is 0.0241. The number of carbonyl (C=O) groups excluding carboxylic acids is 1. The topological polar surface area (TPSA) is 50.8 Å². The van der Waals surface area contributed by atoms with E-state index >= 15 is 0 Å². The Labute approximate surface area is 123 Å². The van der Waals surface area contributed by atoms with Crippen LogP contribution in [-0.2, 0) is 4.74 Å². The minimum atomic E-state index is -0.0529. The SMILES string of the molecule is CNCC1CN(C(=O)c2ccc(Cl)cc2OC)CCO1. The highest BCUT2D eigenvalue weighted by molar-refractivity contribution is 6.30. The van der Waals surface area contributed by atoms with Gasteiger partial charge in [0.2, 0.25) is 0 Å². The predicted molar refractivity (Wildman–Crippen MR) is 77.6 cm³/mol. The molecule has 1 aromatic rings. The Kier molecular flexibility index (Phi) is 5.23. The third-order valence-electron chi connectivity index (χ3n) is 3.25. The quantitative estimate of drug-likeness (QED) is 0.913. The average molecular weight is 299 g/mol. The lowest BCUT2D eigenvalue weighted by atomic mass is 10.1. The minimum Gasteiger partial charge on any atom is -0.496 e. The first kappa shape index (κ1) is 15.1. The van der Waals surface area contributed by atoms with Gasteiger partial charge in [0.05, 0.1) is 25.4 Å². The molecular formula is C14H19ClN2O3. The number of halogens is 1. The molecular weight excluding hydrogens is 280 g/mol. The number of benzene rings is 1. The summed E-state index contributed by atoms with van der Waals surface area (Å²) in [5, 5.41) is 3.61. The zero-order chi connectivity index (χ0) is 14.5. The Bertz CT molecular complexity index is 479. The van der Waals surface area contributed by atoms with Gasteiger partial charge in [-0.3, -0.25) is 4.79 Å². The Hall–Kier alpha value is -1.30. The number of likely N-dealkylation sites (N-methyl/N-ethyl adjacent to an activating group) is 1. The maximum Gasteiger partial charge on any atom is 0.257 e. The fourth-order valence-corrected chi connectivity index (χ4v) is 2.43. The van der Waals surface area contributed by atoms with Crippen LogP contribution < -0.4 is 10.1 Å². The Morgan fingerprint density at radius 2 is 2.40 bits per heavy atom. The van der Waals surface area contributed by atoms with Crippen molar-refractivity contribution in [3.05, 3.63) is 28.8 Å². The molecule has 0 aliphatic carbocycles. The van der Waals surface area contributed by atoms with E-state index in [0.717, 1.165) is 6.54 Å². The summed E-state index contributed by atoms with van der Waals surface area (Å²) < 4.78 is 10.8. The molecule has 1 atom stereocenters. The summed E-state index contributed by atoms with van der Waals surface area (Å²) in [6, 6.07) is 5.05. The monoisotopic (exact) mass is 298 g/mol. The highest BCUT2D eigenvalue weighted by Gasteiger charge is 2.26. The fraction of sp³-hybridized carbons (Fsp3) is 0.500. The standard InChI is InChI=1S/C14H19ClN2O3/c1-16-8-11-9-17(5-6-20-11)14(18)12-4-3-10(15)7-13(12)19-2/h3-4,7,11,16H,5-6,8-9H2,1-2H3. The summed E-state index contributed by atoms with van der Waals surface area (Å²) in [5.74, 6) is 0.446. The van der Waals surface area contributed by atoms with Gasteiger partial charge < -0.3 is 19.7 Å². The molecule has 1 saturated heterocycles. The van der Waals surface area contributed by atoms with E-state index in [2.05, 4.69) is 5.32 Å². The van der Waals surface area contributed by atoms with E-state index in [0.29, 0.717) is 36.0 Å². The van der Waals surface area contributed by atoms with Crippen molar-refractivity contribution < 1.29 is 14.3 Å². The zero-order valence-corrected chi connectivity index (χ0v) is 12.4. The second-order valence-electron chi connectivity index (χ2n) is 4.65. The van der Waals surface area contributed by atoms with Crippen molar-refractivity contribution in [1.82, 2.24) is 10.2 Å². The molecule has 0 saturated carbocycles. The van der Waals surface area contributed by atoms with E-state index in [-0.39, 0.29) is 12.0 Å². The van der Waals surface area contributed by atoms with Crippen molar-refractivity contribution in [1.29, 1.82) is 0 Å². The predicted octanol–water partition coefficient (Wildman–Crippen LogP) is 1.41. The molecule has 0 bridgehead atoms. The first-order valence-corrected chi connectivity index (χ1v) is 6.92. The molecule has 6 heteroatoms. The summed E-state index contributed by atoms with van der Waals surface area (Å²) in [7, 11) is 3.40. The van der Waals surface area contributed by atoms with Gasteiger partial charge in [0.15, 0.2) is 0 Å². The molecule has 1 amide bonds. The second-order valence-corrected chi connectivity index (χ2v) is 5.08. The highest BCUT2D eigenvalue weighted by atomic mass is 35.5. The number of carbonyl (C=O) groups is 1. The zero-order valence-electron chi connectivity index (χ0n) is 11.7. The van der Waals surface area contributed by atoms with Crippen molar-refractivity contribution in [2.45, 2.75) is 6.10 Å². The molecule has 2 rings (SSSR count). The molecule has 1 aliphatic heterocycles. The van der Waals surface area contributed by atoms with Crippen molar-refractivity contribution in [2.75, 3.05) is 40.4 Å². The highest BCUT2D eigenvalue weighted by Crippen LogP contribution is 2.25. The fourth-order valence-electron chi connectivity index (χ4n) is 2.27. The van der Waals surface area contributed by atoms with Crippen LogP contribution in [-0.4, -0.2) is 57.3 Å². The van der Waals surface area contributed by atoms with Gasteiger partial charge in [-0.1, -0.05) is 11.6 Å². The summed E-state index contributed by atoms with van der Waals surface area (Å²) >= 11 is 5.92. The van der Waals surface area contributed by atoms with E-state index in [1.54, 1.807) is 23.1 Å². The summed E-state index contributed by atoms with van der Waals surface area (Å²) in [4.78, 5) is 14.4. The lowest BCUT2D eigenvalue weighted by Crippen LogP contribution is -2.48. The van der Waals surface area contributed by atoms with Crippen LogP contribution in [0.15, 0.2) is 18.2 Å². The van der Waals surface area contributed by atoms with Gasteiger partial charge in [-0.25, -0.2) is 0 Å². The average Bonchev–Trinajstić information content (AvgIpc) is 2.47. The number of hydrogen-bond donors (Lipinski definition) is 1. The number of nitrogens with zero attached hydrogens (tertiary/aromatic N) is 1. The Morgan fingerprint density at radius 1 is 1.60 bits per heavy atom. The first-order chi connectivity index (χ1) is 9.65. The van der Waals surface area contributed by atoms with Crippen molar-refractivity contribution in [2.24, 2.45) is 0 Å². The van der Waals surface area contributed by atoms with Crippen molar-refractivity contribution in [3.8, 4) is 5.75 Å². The summed E-state index contributed by atoms with van der Waals surface area (Å²) in [5.41, 5.74) is 0.530. The van der Waals surface area contributed by atoms with E-state index in [4.69, 9.17) is 21.1 Å². The van der Waals surface area contributed by atoms with Crippen LogP contribution in [0.1, 0.15) is 10.4 Å². The molecule has 5 nitrogen and oxygen atoms in total. The molecule has 1 unspecified atom stereocenters. The molecule has 1 aliphatic rings. The molecule has 1 N–H and O–H groups in total. The molecule has 0 radical (unpaired) electrons. The number of ether oxygens (including phenoxy) is 2. The van der Waals surface area contributed by atoms with E-state index in [1.807, 2.05) is 7.05 Å². The smallest absolute Gasteiger partial charge is 0.257 e. The van der Waals surface area contributed by atoms with Crippen molar-refractivity contribution in [3.63, 3.8) is 0 Å². The number of hydrogen-bond acceptors (Lipinski definition) is 4.